The summed E-state index contributed by atoms with van der Waals surface area (Å²) < 4.78 is 13.8. The summed E-state index contributed by atoms with van der Waals surface area (Å²) in [5.41, 5.74) is 0.983. The molecular formula is C14H11BrFNO2. The SMILES string of the molecule is O=C(NCc1ccc(Br)cc1)c1ccc(F)cc1O. The number of aromatic hydroxyl groups is 1. The highest BCUT2D eigenvalue weighted by Gasteiger charge is 2.11. The number of hydrogen-bond donors (Lipinski definition) is 2. The van der Waals surface area contributed by atoms with Gasteiger partial charge in [-0.1, -0.05) is 28.1 Å². The molecular weight excluding hydrogens is 313 g/mol. The molecule has 0 unspecified atom stereocenters. The van der Waals surface area contributed by atoms with E-state index in [1.165, 1.54) is 6.07 Å². The number of benzene rings is 2. The van der Waals surface area contributed by atoms with E-state index in [9.17, 15) is 14.3 Å². The Labute approximate surface area is 118 Å². The van der Waals surface area contributed by atoms with Gasteiger partial charge in [-0.2, -0.15) is 0 Å². The van der Waals surface area contributed by atoms with Crippen molar-refractivity contribution in [1.29, 1.82) is 0 Å². The van der Waals surface area contributed by atoms with Gasteiger partial charge in [-0.25, -0.2) is 4.39 Å². The first-order chi connectivity index (χ1) is 9.06. The van der Waals surface area contributed by atoms with Crippen molar-refractivity contribution in [3.05, 3.63) is 63.9 Å². The van der Waals surface area contributed by atoms with Crippen molar-refractivity contribution in [2.24, 2.45) is 0 Å². The van der Waals surface area contributed by atoms with Crippen molar-refractivity contribution in [1.82, 2.24) is 5.32 Å². The summed E-state index contributed by atoms with van der Waals surface area (Å²) in [6, 6.07) is 10.8. The summed E-state index contributed by atoms with van der Waals surface area (Å²) >= 11 is 3.32. The van der Waals surface area contributed by atoms with Crippen molar-refractivity contribution >= 4 is 21.8 Å². The Bertz CT molecular complexity index is 599. The molecule has 0 fully saturated rings. The highest BCUT2D eigenvalue weighted by atomic mass is 79.9. The van der Waals surface area contributed by atoms with Crippen molar-refractivity contribution in [2.75, 3.05) is 0 Å². The monoisotopic (exact) mass is 323 g/mol. The van der Waals surface area contributed by atoms with Crippen LogP contribution in [0.3, 0.4) is 0 Å². The summed E-state index contributed by atoms with van der Waals surface area (Å²) in [5.74, 6) is -1.39. The van der Waals surface area contributed by atoms with Crippen LogP contribution >= 0.6 is 15.9 Å². The van der Waals surface area contributed by atoms with E-state index in [4.69, 9.17) is 0 Å². The van der Waals surface area contributed by atoms with Crippen LogP contribution in [-0.4, -0.2) is 11.0 Å². The fourth-order valence-electron chi connectivity index (χ4n) is 1.58. The molecule has 0 aliphatic heterocycles. The first-order valence-electron chi connectivity index (χ1n) is 5.57. The molecule has 0 bridgehead atoms. The Balaban J connectivity index is 2.03. The molecule has 2 aromatic rings. The molecule has 2 N–H and O–H groups in total. The van der Waals surface area contributed by atoms with Crippen LogP contribution in [0.1, 0.15) is 15.9 Å². The van der Waals surface area contributed by atoms with Gasteiger partial charge in [0, 0.05) is 17.1 Å². The Morgan fingerprint density at radius 1 is 1.21 bits per heavy atom. The Hall–Kier alpha value is -1.88. The van der Waals surface area contributed by atoms with Crippen LogP contribution in [0.2, 0.25) is 0 Å². The van der Waals surface area contributed by atoms with Gasteiger partial charge in [0.1, 0.15) is 11.6 Å². The molecule has 0 saturated carbocycles. The lowest BCUT2D eigenvalue weighted by Crippen LogP contribution is -2.22. The average Bonchev–Trinajstić information content (AvgIpc) is 2.37. The summed E-state index contributed by atoms with van der Waals surface area (Å²) in [5, 5.41) is 12.1. The minimum absolute atomic E-state index is 0.0542. The smallest absolute Gasteiger partial charge is 0.255 e. The molecule has 0 heterocycles. The van der Waals surface area contributed by atoms with E-state index in [1.54, 1.807) is 0 Å². The highest BCUT2D eigenvalue weighted by Crippen LogP contribution is 2.18. The second kappa shape index (κ2) is 5.84. The van der Waals surface area contributed by atoms with E-state index < -0.39 is 11.7 Å². The Morgan fingerprint density at radius 3 is 2.53 bits per heavy atom. The largest absolute Gasteiger partial charge is 0.507 e. The molecule has 19 heavy (non-hydrogen) atoms. The van der Waals surface area contributed by atoms with Crippen LogP contribution in [0.25, 0.3) is 0 Å². The number of carbonyl (C=O) groups excluding carboxylic acids is 1. The van der Waals surface area contributed by atoms with Crippen molar-refractivity contribution < 1.29 is 14.3 Å². The molecule has 0 aliphatic carbocycles. The molecule has 0 saturated heterocycles. The highest BCUT2D eigenvalue weighted by molar-refractivity contribution is 9.10. The topological polar surface area (TPSA) is 49.3 Å². The Kier molecular flexibility index (Phi) is 4.16. The summed E-state index contributed by atoms with van der Waals surface area (Å²) in [6.07, 6.45) is 0. The standard InChI is InChI=1S/C14H11BrFNO2/c15-10-3-1-9(2-4-10)8-17-14(19)12-6-5-11(16)7-13(12)18/h1-7,18H,8H2,(H,17,19). The number of hydrogen-bond acceptors (Lipinski definition) is 2. The first kappa shape index (κ1) is 13.5. The fourth-order valence-corrected chi connectivity index (χ4v) is 1.84. The van der Waals surface area contributed by atoms with Gasteiger partial charge in [0.2, 0.25) is 0 Å². The average molecular weight is 324 g/mol. The van der Waals surface area contributed by atoms with Crippen molar-refractivity contribution in [2.45, 2.75) is 6.54 Å². The lowest BCUT2D eigenvalue weighted by molar-refractivity contribution is 0.0948. The maximum absolute atomic E-state index is 12.8. The molecule has 0 radical (unpaired) electrons. The van der Waals surface area contributed by atoms with Gasteiger partial charge in [-0.15, -0.1) is 0 Å². The maximum atomic E-state index is 12.8. The van der Waals surface area contributed by atoms with Gasteiger partial charge in [-0.05, 0) is 29.8 Å². The second-order valence-corrected chi connectivity index (χ2v) is 4.89. The molecule has 0 aliphatic rings. The summed E-state index contributed by atoms with van der Waals surface area (Å²) in [4.78, 5) is 11.8. The van der Waals surface area contributed by atoms with E-state index in [1.807, 2.05) is 24.3 Å². The number of phenols is 1. The van der Waals surface area contributed by atoms with Gasteiger partial charge in [-0.3, -0.25) is 4.79 Å². The summed E-state index contributed by atoms with van der Waals surface area (Å²) in [6.45, 7) is 0.336. The third kappa shape index (κ3) is 3.54. The number of nitrogens with one attached hydrogen (secondary N) is 1. The fraction of sp³-hybridized carbons (Fsp3) is 0.0714. The predicted molar refractivity (Wildman–Crippen MR) is 73.4 cm³/mol. The zero-order chi connectivity index (χ0) is 13.8. The van der Waals surface area contributed by atoms with E-state index in [2.05, 4.69) is 21.2 Å². The number of halogens is 2. The number of carbonyl (C=O) groups is 1. The zero-order valence-corrected chi connectivity index (χ0v) is 11.4. The van der Waals surface area contributed by atoms with Gasteiger partial charge >= 0.3 is 0 Å². The van der Waals surface area contributed by atoms with Crippen LogP contribution in [0, 0.1) is 5.82 Å². The van der Waals surface area contributed by atoms with Crippen LogP contribution in [0.5, 0.6) is 5.75 Å². The van der Waals surface area contributed by atoms with E-state index in [0.717, 1.165) is 22.2 Å². The lowest BCUT2D eigenvalue weighted by Gasteiger charge is -2.07. The van der Waals surface area contributed by atoms with Gasteiger partial charge in [0.15, 0.2) is 0 Å². The predicted octanol–water partition coefficient (Wildman–Crippen LogP) is 3.22. The molecule has 98 valence electrons. The minimum atomic E-state index is -0.582. The van der Waals surface area contributed by atoms with Crippen molar-refractivity contribution in [3.8, 4) is 5.75 Å². The second-order valence-electron chi connectivity index (χ2n) is 3.97. The number of phenolic OH excluding ortho intramolecular Hbond substituents is 1. The molecule has 1 amide bonds. The minimum Gasteiger partial charge on any atom is -0.507 e. The molecule has 3 nitrogen and oxygen atoms in total. The molecule has 0 atom stereocenters. The van der Waals surface area contributed by atoms with Crippen LogP contribution in [0.15, 0.2) is 46.9 Å². The van der Waals surface area contributed by atoms with E-state index >= 15 is 0 Å². The van der Waals surface area contributed by atoms with E-state index in [0.29, 0.717) is 6.54 Å². The third-order valence-electron chi connectivity index (χ3n) is 2.57. The van der Waals surface area contributed by atoms with Crippen LogP contribution < -0.4 is 5.32 Å². The van der Waals surface area contributed by atoms with Gasteiger partial charge in [0.25, 0.3) is 5.91 Å². The molecule has 0 spiro atoms. The lowest BCUT2D eigenvalue weighted by atomic mass is 10.1. The van der Waals surface area contributed by atoms with Crippen LogP contribution in [-0.2, 0) is 6.54 Å². The third-order valence-corrected chi connectivity index (χ3v) is 3.10. The first-order valence-corrected chi connectivity index (χ1v) is 6.37. The molecule has 2 aromatic carbocycles. The normalized spacial score (nSPS) is 10.2. The quantitative estimate of drug-likeness (QED) is 0.911. The van der Waals surface area contributed by atoms with E-state index in [-0.39, 0.29) is 11.3 Å². The Morgan fingerprint density at radius 2 is 1.89 bits per heavy atom. The van der Waals surface area contributed by atoms with Crippen LogP contribution in [0.4, 0.5) is 4.39 Å². The van der Waals surface area contributed by atoms with Crippen molar-refractivity contribution in [3.63, 3.8) is 0 Å². The van der Waals surface area contributed by atoms with Gasteiger partial charge < -0.3 is 10.4 Å². The zero-order valence-electron chi connectivity index (χ0n) is 9.86. The molecule has 2 rings (SSSR count). The molecule has 5 heteroatoms. The van der Waals surface area contributed by atoms with Gasteiger partial charge in [0.05, 0.1) is 5.56 Å². The summed E-state index contributed by atoms with van der Waals surface area (Å²) in [7, 11) is 0. The molecule has 0 aromatic heterocycles. The maximum Gasteiger partial charge on any atom is 0.255 e. The number of rotatable bonds is 3. The number of amides is 1.